The van der Waals surface area contributed by atoms with Crippen LogP contribution in [-0.2, 0) is 20.0 Å². The number of anilines is 2. The van der Waals surface area contributed by atoms with Crippen molar-refractivity contribution < 1.29 is 21.6 Å². The van der Waals surface area contributed by atoms with Crippen LogP contribution in [0, 0.1) is 13.8 Å². The Balaban J connectivity index is 0.000000441. The molecule has 6 rings (SSSR count). The van der Waals surface area contributed by atoms with Crippen LogP contribution in [0.3, 0.4) is 0 Å². The van der Waals surface area contributed by atoms with Crippen LogP contribution in [0.1, 0.15) is 11.1 Å². The number of nitrogens with two attached hydrogens (primary N) is 1. The number of nitrogen functional groups attached to an aromatic ring is 1. The monoisotopic (exact) mass is 1610 g/mol. The van der Waals surface area contributed by atoms with E-state index in [0.29, 0.717) is 43.2 Å². The molecule has 0 saturated carbocycles. The first kappa shape index (κ1) is 109. The van der Waals surface area contributed by atoms with E-state index in [1.807, 2.05) is 13.8 Å². The van der Waals surface area contributed by atoms with E-state index < -0.39 is 135 Å². The van der Waals surface area contributed by atoms with Gasteiger partial charge in [-0.25, -0.2) is 29.6 Å². The number of nitrogens with zero attached hydrogens (tertiary/aromatic N) is 3. The van der Waals surface area contributed by atoms with Gasteiger partial charge in [-0.3, -0.25) is 4.90 Å². The molecule has 53 heteroatoms. The minimum absolute atomic E-state index is 0.182. The third kappa shape index (κ3) is 35.5. The zero-order valence-electron chi connectivity index (χ0n) is 68.2. The Morgan fingerprint density at radius 2 is 0.608 bits per heavy atom. The third-order valence-electron chi connectivity index (χ3n) is 17.6. The van der Waals surface area contributed by atoms with Crippen molar-refractivity contribution in [1.82, 2.24) is 13.3 Å². The molecule has 0 bridgehead atoms. The molecule has 0 unspecified atom stereocenters. The second kappa shape index (κ2) is 57.3. The number of aryl methyl sites for hydroxylation is 2. The van der Waals surface area contributed by atoms with Crippen LogP contribution in [0.25, 0.3) is 21.8 Å². The Bertz CT molecular complexity index is 6480. The van der Waals surface area contributed by atoms with Gasteiger partial charge < -0.3 is 11.1 Å². The normalized spacial score (nSPS) is 8.59. The molecule has 521 valence electrons. The molecule has 2 aromatic heterocycles. The number of benzene rings is 4. The van der Waals surface area contributed by atoms with E-state index in [1.54, 1.807) is 92.0 Å². The van der Waals surface area contributed by atoms with E-state index in [1.165, 1.54) is 39.3 Å². The van der Waals surface area contributed by atoms with Crippen LogP contribution < -0.4 is 16.0 Å². The predicted molar refractivity (Wildman–Crippen MR) is 554 cm³/mol. The van der Waals surface area contributed by atoms with Gasteiger partial charge in [0, 0.05) is 434 Å². The van der Waals surface area contributed by atoms with Crippen molar-refractivity contribution >= 4 is 359 Å². The molecule has 0 saturated heterocycles. The summed E-state index contributed by atoms with van der Waals surface area (Å²) in [6.45, 7) is 10.4. The van der Waals surface area contributed by atoms with E-state index in [9.17, 15) is 21.6 Å². The first-order valence-electron chi connectivity index (χ1n) is 36.5. The van der Waals surface area contributed by atoms with Gasteiger partial charge in [-0.2, -0.15) is 0 Å². The molecule has 125 heavy (non-hydrogen) atoms. The quantitative estimate of drug-likeness (QED) is 0.0467. The Labute approximate surface area is 779 Å². The van der Waals surface area contributed by atoms with E-state index in [0.717, 1.165) is 11.1 Å². The van der Waals surface area contributed by atoms with Gasteiger partial charge in [-0.05, 0) is 179 Å². The predicted octanol–water partition coefficient (Wildman–Crippen LogP) is -1.27. The van der Waals surface area contributed by atoms with Crippen molar-refractivity contribution in [3.63, 3.8) is 0 Å². The van der Waals surface area contributed by atoms with Crippen molar-refractivity contribution in [3.05, 3.63) is 344 Å². The lowest BCUT2D eigenvalue weighted by atomic mass is 8.28. The van der Waals surface area contributed by atoms with Crippen molar-refractivity contribution in [2.24, 2.45) is 0 Å². The molecule has 0 fully saturated rings. The summed E-state index contributed by atoms with van der Waals surface area (Å²) in [4.78, 5) is 13.7. The smallest absolute Gasteiger partial charge is 0.321 e. The Hall–Kier alpha value is -10.4. The van der Waals surface area contributed by atoms with Crippen LogP contribution in [-0.4, -0.2) is 322 Å². The lowest BCUT2D eigenvalue weighted by molar-refractivity contribution is 0.249. The highest BCUT2D eigenvalue weighted by Gasteiger charge is 2.56. The van der Waals surface area contributed by atoms with E-state index in [-0.39, 0.29) is 15.8 Å². The van der Waals surface area contributed by atoms with Gasteiger partial charge in [-0.15, -0.1) is 0 Å². The summed E-state index contributed by atoms with van der Waals surface area (Å²) in [7, 11) is 121. The maximum atomic E-state index is 13.0. The molecular formula is C72H35B39Cl2N5O5S2. The Kier molecular flexibility index (Phi) is 49.9. The summed E-state index contributed by atoms with van der Waals surface area (Å²) in [5.41, 5.74) is 101. The highest BCUT2D eigenvalue weighted by Crippen LogP contribution is 2.34. The number of rotatable bonds is 23. The highest BCUT2D eigenvalue weighted by atomic mass is 35.5. The van der Waals surface area contributed by atoms with E-state index in [2.05, 4.69) is 231 Å². The summed E-state index contributed by atoms with van der Waals surface area (Å²) < 4.78 is 53.9. The standard InChI is InChI=1S/C39H4.C18H18ClN3O3S.C15H13ClN2O2S.B39/c1-3-5-7-9-11-13-15-17-19-21-23-25-27-29-31-33-35-37-39-38-36-34-32-30-28-26-24-22-20-18-16-14-12-10-8-6-4-2;1-12-4-6-14(7-5-12)26(24,25)22-9-8-15-16(19)10-13(11-17(15)22)21(3)18(23)20-2;1-10-2-4-12(5-3-10)21(19,20)18-7-6-13-14(16)8-11(17)9-15(13)18;1-21-31(20)36(30(18)19)39(37(32(22(2)3)23(4)5)33(24(6)7)25(8)9)38(34(26(10)11)27(12)13)35(28(14)15)29(16)17/h1-2H2;4-11H,1-3H3,(H,20,23);2-9H,17H2,1H3;. The molecule has 0 aliphatic rings. The van der Waals surface area contributed by atoms with Crippen LogP contribution >= 0.6 is 23.2 Å². The largest absolute Gasteiger partial charge is 0.399 e. The number of hydrogen-bond donors (Lipinski definition) is 2. The first-order valence-corrected chi connectivity index (χ1v) is 40.1. The topological polar surface area (TPSA) is 136 Å². The molecule has 2 heterocycles. The molecule has 0 aliphatic heterocycles. The van der Waals surface area contributed by atoms with Gasteiger partial charge in [-0.1, -0.05) is 70.1 Å². The molecule has 0 spiro atoms. The number of fused-ring (bicyclic) bond motifs is 2. The third-order valence-corrected chi connectivity index (χ3v) is 21.6. The molecule has 10 nitrogen and oxygen atoms in total. The molecule has 4 aromatic carbocycles. The summed E-state index contributed by atoms with van der Waals surface area (Å²) in [5.74, 6) is 0. The number of nitrogens with one attached hydrogen (secondary N) is 1. The summed E-state index contributed by atoms with van der Waals surface area (Å²) in [5, 5.41) is 4.57. The van der Waals surface area contributed by atoms with E-state index >= 15 is 0 Å². The number of halogens is 2. The molecule has 3 N–H and O–H groups in total. The maximum Gasteiger partial charge on any atom is 0.321 e. The van der Waals surface area contributed by atoms with Gasteiger partial charge in [0.1, 0.15) is 0 Å². The van der Waals surface area contributed by atoms with Crippen molar-refractivity contribution in [3.8, 4) is 0 Å². The molecule has 0 atom stereocenters. The maximum absolute atomic E-state index is 13.0. The number of carbonyl (C=O) groups is 1. The molecule has 41 radical (unpaired) electrons. The number of amides is 2. The summed E-state index contributed by atoms with van der Waals surface area (Å²) >= 11 is 12.4. The second-order valence-corrected chi connectivity index (χ2v) is 30.5. The molecule has 2 amide bonds. The number of aromatic nitrogens is 2. The average molecular weight is 1610 g/mol. The van der Waals surface area contributed by atoms with Crippen molar-refractivity contribution in [2.75, 3.05) is 24.7 Å². The number of hydrogen-bond acceptors (Lipinski definition) is 6. The fourth-order valence-electron chi connectivity index (χ4n) is 12.3. The zero-order valence-corrected chi connectivity index (χ0v) is 71.3. The summed E-state index contributed by atoms with van der Waals surface area (Å²) in [6, 6.07) is 22.8. The van der Waals surface area contributed by atoms with Crippen LogP contribution in [0.2, 0.25) is 10.0 Å². The number of carbonyl (C=O) groups excluding carboxylic acids is 1. The highest BCUT2D eigenvalue weighted by molar-refractivity contribution is 8.32. The van der Waals surface area contributed by atoms with Gasteiger partial charge in [0.05, 0.1) is 30.9 Å². The Morgan fingerprint density at radius 1 is 0.376 bits per heavy atom. The van der Waals surface area contributed by atoms with Crippen LogP contribution in [0.4, 0.5) is 16.2 Å². The van der Waals surface area contributed by atoms with Crippen LogP contribution in [0.15, 0.2) is 332 Å². The molecule has 0 aliphatic carbocycles. The van der Waals surface area contributed by atoms with Gasteiger partial charge in [0.2, 0.25) is 0 Å². The van der Waals surface area contributed by atoms with Crippen molar-refractivity contribution in [1.29, 1.82) is 0 Å². The minimum atomic E-state index is -3.79. The number of urea groups is 1. The van der Waals surface area contributed by atoms with Gasteiger partial charge >= 0.3 is 6.03 Å². The van der Waals surface area contributed by atoms with Crippen LogP contribution in [0.5, 0.6) is 0 Å². The van der Waals surface area contributed by atoms with E-state index in [4.69, 9.17) is 184 Å². The second-order valence-electron chi connectivity index (χ2n) is 26.1. The average Bonchev–Trinajstić information content (AvgIpc) is 1.14. The molecular weight excluding hydrogens is 1570 g/mol. The SMILES string of the molecule is C=C=C=C=C=C=C=C=C=C=C=C=C=C=C=C=C=C=C=C=C=C=C=C=C=C=C=C=C=C=C=C=C=C=C=C=C=C=C.CNC(=O)N(C)c1cc(Cl)c2ccn(S(=O)(=O)c3ccc(C)cc3)c2c1.Cc1ccc(S(=O)(=O)n2ccc3c(Cl)cc(N)cc32)cc1.[B][B]B([B])B(B([B])[B])B(B(B(B([B])[B])B([B])[B])B(B([B])[B])B([B])[B])B(B(B([B])[B])B([B])[B])B(B([B])[B])B([B])[B]. The Morgan fingerprint density at radius 3 is 0.840 bits per heavy atom. The van der Waals surface area contributed by atoms with Crippen molar-refractivity contribution in [2.45, 2.75) is 23.6 Å². The lowest BCUT2D eigenvalue weighted by Crippen LogP contribution is -2.92. The zero-order chi connectivity index (χ0) is 93.5. The minimum Gasteiger partial charge on any atom is -0.399 e. The van der Waals surface area contributed by atoms with Gasteiger partial charge in [0.25, 0.3) is 20.0 Å². The van der Waals surface area contributed by atoms with Gasteiger partial charge in [0.15, 0.2) is 0 Å². The first-order chi connectivity index (χ1) is 59.3. The fourth-order valence-corrected chi connectivity index (χ4v) is 15.5. The summed E-state index contributed by atoms with van der Waals surface area (Å²) in [6.07, 6.45) is -16.7. The molecule has 6 aromatic rings. The lowest BCUT2D eigenvalue weighted by Gasteiger charge is -2.54. The fraction of sp³-hybridized carbons (Fsp3) is 0.0556.